The summed E-state index contributed by atoms with van der Waals surface area (Å²) in [7, 11) is 0. The van der Waals surface area contributed by atoms with Gasteiger partial charge in [0, 0.05) is 16.8 Å². The van der Waals surface area contributed by atoms with Crippen molar-refractivity contribution in [1.82, 2.24) is 5.32 Å². The largest absolute Gasteiger partial charge is 0.359 e. The Morgan fingerprint density at radius 1 is 0.750 bits per heavy atom. The average molecular weight is 372 g/mol. The Balaban J connectivity index is 1.89. The molecule has 142 valence electrons. The number of hydrogen-bond acceptors (Lipinski definition) is 3. The Morgan fingerprint density at radius 3 is 2.07 bits per heavy atom. The smallest absolute Gasteiger partial charge is 0.253 e. The molecule has 3 rings (SSSR count). The summed E-state index contributed by atoms with van der Waals surface area (Å²) in [6, 6.07) is 22.2. The third-order valence-corrected chi connectivity index (χ3v) is 4.60. The van der Waals surface area contributed by atoms with Gasteiger partial charge >= 0.3 is 0 Å². The van der Waals surface area contributed by atoms with Crippen LogP contribution >= 0.6 is 0 Å². The lowest BCUT2D eigenvalue weighted by Gasteiger charge is -2.22. The first-order valence-electron chi connectivity index (χ1n) is 9.24. The molecule has 0 heterocycles. The number of amides is 1. The maximum atomic E-state index is 13.1. The SMILES string of the molecule is Cc1ccc(C(=O)N[C@@H](Nc2cc(C)ccc2C)C(=O)c2ccccc2)cc1. The molecule has 0 aliphatic carbocycles. The van der Waals surface area contributed by atoms with E-state index in [4.69, 9.17) is 0 Å². The van der Waals surface area contributed by atoms with Gasteiger partial charge in [-0.3, -0.25) is 9.59 Å². The first kappa shape index (κ1) is 19.4. The van der Waals surface area contributed by atoms with Crippen molar-refractivity contribution in [2.24, 2.45) is 0 Å². The van der Waals surface area contributed by atoms with Crippen molar-refractivity contribution in [2.75, 3.05) is 5.32 Å². The molecule has 0 fully saturated rings. The number of carbonyl (C=O) groups excluding carboxylic acids is 2. The number of carbonyl (C=O) groups is 2. The molecule has 1 atom stereocenters. The highest BCUT2D eigenvalue weighted by atomic mass is 16.2. The maximum Gasteiger partial charge on any atom is 0.253 e. The third kappa shape index (κ3) is 4.65. The van der Waals surface area contributed by atoms with Gasteiger partial charge in [0.25, 0.3) is 5.91 Å². The molecule has 4 heteroatoms. The zero-order chi connectivity index (χ0) is 20.1. The minimum absolute atomic E-state index is 0.193. The normalized spacial score (nSPS) is 11.5. The summed E-state index contributed by atoms with van der Waals surface area (Å²) in [4.78, 5) is 25.8. The van der Waals surface area contributed by atoms with Crippen LogP contribution in [0.5, 0.6) is 0 Å². The highest BCUT2D eigenvalue weighted by Crippen LogP contribution is 2.18. The highest BCUT2D eigenvalue weighted by molar-refractivity contribution is 6.05. The molecule has 0 aliphatic rings. The van der Waals surface area contributed by atoms with Gasteiger partial charge in [-0.2, -0.15) is 0 Å². The van der Waals surface area contributed by atoms with Crippen LogP contribution in [0.3, 0.4) is 0 Å². The fraction of sp³-hybridized carbons (Fsp3) is 0.167. The monoisotopic (exact) mass is 372 g/mol. The van der Waals surface area contributed by atoms with Crippen LogP contribution in [0.2, 0.25) is 0 Å². The topological polar surface area (TPSA) is 58.2 Å². The lowest BCUT2D eigenvalue weighted by molar-refractivity contribution is 0.0869. The minimum Gasteiger partial charge on any atom is -0.359 e. The third-order valence-electron chi connectivity index (χ3n) is 4.60. The van der Waals surface area contributed by atoms with Crippen LogP contribution in [-0.2, 0) is 0 Å². The lowest BCUT2D eigenvalue weighted by atomic mass is 10.1. The van der Waals surface area contributed by atoms with Gasteiger partial charge in [-0.15, -0.1) is 0 Å². The van der Waals surface area contributed by atoms with Crippen molar-refractivity contribution in [2.45, 2.75) is 26.9 Å². The number of hydrogen-bond donors (Lipinski definition) is 2. The van der Waals surface area contributed by atoms with Gasteiger partial charge in [0.05, 0.1) is 0 Å². The molecule has 0 saturated heterocycles. The molecule has 0 unspecified atom stereocenters. The van der Waals surface area contributed by atoms with Gasteiger partial charge in [0.1, 0.15) is 0 Å². The number of ketones is 1. The summed E-state index contributed by atoms with van der Waals surface area (Å²) < 4.78 is 0. The van der Waals surface area contributed by atoms with E-state index in [1.165, 1.54) is 0 Å². The Morgan fingerprint density at radius 2 is 1.39 bits per heavy atom. The van der Waals surface area contributed by atoms with Crippen LogP contribution in [0.15, 0.2) is 72.8 Å². The van der Waals surface area contributed by atoms with E-state index in [0.717, 1.165) is 22.4 Å². The Hall–Kier alpha value is -3.40. The molecule has 28 heavy (non-hydrogen) atoms. The van der Waals surface area contributed by atoms with E-state index in [9.17, 15) is 9.59 Å². The fourth-order valence-electron chi connectivity index (χ4n) is 2.90. The van der Waals surface area contributed by atoms with E-state index >= 15 is 0 Å². The zero-order valence-corrected chi connectivity index (χ0v) is 16.3. The predicted octanol–water partition coefficient (Wildman–Crippen LogP) is 4.66. The van der Waals surface area contributed by atoms with Crippen LogP contribution < -0.4 is 10.6 Å². The van der Waals surface area contributed by atoms with Crippen molar-refractivity contribution >= 4 is 17.4 Å². The minimum atomic E-state index is -0.878. The molecule has 0 aliphatic heterocycles. The first-order valence-corrected chi connectivity index (χ1v) is 9.24. The molecule has 1 amide bonds. The summed E-state index contributed by atoms with van der Waals surface area (Å²) in [5, 5.41) is 6.06. The van der Waals surface area contributed by atoms with Crippen LogP contribution in [0.4, 0.5) is 5.69 Å². The van der Waals surface area contributed by atoms with Crippen molar-refractivity contribution in [1.29, 1.82) is 0 Å². The summed E-state index contributed by atoms with van der Waals surface area (Å²) in [5.74, 6) is -0.492. The van der Waals surface area contributed by atoms with Crippen LogP contribution in [0.1, 0.15) is 37.4 Å². The van der Waals surface area contributed by atoms with Gasteiger partial charge in [-0.1, -0.05) is 60.2 Å². The molecule has 2 N–H and O–H groups in total. The van der Waals surface area contributed by atoms with Crippen molar-refractivity contribution in [3.63, 3.8) is 0 Å². The number of anilines is 1. The van der Waals surface area contributed by atoms with Crippen LogP contribution in [-0.4, -0.2) is 17.9 Å². The molecule has 3 aromatic carbocycles. The Bertz CT molecular complexity index is 979. The van der Waals surface area contributed by atoms with E-state index in [-0.39, 0.29) is 11.7 Å². The van der Waals surface area contributed by atoms with Crippen LogP contribution in [0, 0.1) is 20.8 Å². The second kappa shape index (κ2) is 8.53. The van der Waals surface area contributed by atoms with E-state index in [1.807, 2.05) is 69.3 Å². The van der Waals surface area contributed by atoms with E-state index in [2.05, 4.69) is 10.6 Å². The quantitative estimate of drug-likeness (QED) is 0.489. The molecule has 0 bridgehead atoms. The van der Waals surface area contributed by atoms with Gasteiger partial charge in [0.15, 0.2) is 6.17 Å². The fourth-order valence-corrected chi connectivity index (χ4v) is 2.90. The number of benzene rings is 3. The standard InChI is InChI=1S/C24H24N2O2/c1-16-10-13-20(14-11-16)24(28)26-23(22(27)19-7-5-4-6-8-19)25-21-15-17(2)9-12-18(21)3/h4-15,23,25H,1-3H3,(H,26,28)/t23-/m1/s1. The highest BCUT2D eigenvalue weighted by Gasteiger charge is 2.23. The summed E-state index contributed by atoms with van der Waals surface area (Å²) >= 11 is 0. The summed E-state index contributed by atoms with van der Waals surface area (Å²) in [6.07, 6.45) is -0.878. The molecule has 0 saturated carbocycles. The molecular weight excluding hydrogens is 348 g/mol. The van der Waals surface area contributed by atoms with E-state index < -0.39 is 6.17 Å². The Labute approximate surface area is 165 Å². The van der Waals surface area contributed by atoms with E-state index in [0.29, 0.717) is 11.1 Å². The first-order chi connectivity index (χ1) is 13.4. The number of aryl methyl sites for hydroxylation is 3. The number of Topliss-reactive ketones (excluding diaryl/α,β-unsaturated/α-hetero) is 1. The van der Waals surface area contributed by atoms with E-state index in [1.54, 1.807) is 24.3 Å². The second-order valence-electron chi connectivity index (χ2n) is 6.97. The van der Waals surface area contributed by atoms with Crippen molar-refractivity contribution < 1.29 is 9.59 Å². The summed E-state index contributed by atoms with van der Waals surface area (Å²) in [6.45, 7) is 5.92. The Kier molecular flexibility index (Phi) is 5.90. The molecule has 0 radical (unpaired) electrons. The maximum absolute atomic E-state index is 13.1. The molecule has 0 aromatic heterocycles. The van der Waals surface area contributed by atoms with Gasteiger partial charge in [-0.05, 0) is 50.1 Å². The number of rotatable bonds is 6. The average Bonchev–Trinajstić information content (AvgIpc) is 2.70. The van der Waals surface area contributed by atoms with Gasteiger partial charge in [-0.25, -0.2) is 0 Å². The zero-order valence-electron chi connectivity index (χ0n) is 16.3. The summed E-state index contributed by atoms with van der Waals surface area (Å²) in [5.41, 5.74) is 5.01. The molecule has 4 nitrogen and oxygen atoms in total. The van der Waals surface area contributed by atoms with Crippen molar-refractivity contribution in [3.05, 3.63) is 101 Å². The molecule has 3 aromatic rings. The van der Waals surface area contributed by atoms with Gasteiger partial charge in [0.2, 0.25) is 5.78 Å². The molecule has 0 spiro atoms. The van der Waals surface area contributed by atoms with Crippen LogP contribution in [0.25, 0.3) is 0 Å². The molecular formula is C24H24N2O2. The van der Waals surface area contributed by atoms with Crippen molar-refractivity contribution in [3.8, 4) is 0 Å². The van der Waals surface area contributed by atoms with Gasteiger partial charge < -0.3 is 10.6 Å². The second-order valence-corrected chi connectivity index (χ2v) is 6.97. The number of nitrogens with one attached hydrogen (secondary N) is 2. The lowest BCUT2D eigenvalue weighted by Crippen LogP contribution is -2.46. The predicted molar refractivity (Wildman–Crippen MR) is 113 cm³/mol.